The molecule has 0 bridgehead atoms. The fourth-order valence-electron chi connectivity index (χ4n) is 1.69. The molecule has 1 aliphatic rings. The van der Waals surface area contributed by atoms with Crippen LogP contribution in [0, 0.1) is 5.41 Å². The van der Waals surface area contributed by atoms with Crippen molar-refractivity contribution in [1.29, 1.82) is 0 Å². The van der Waals surface area contributed by atoms with Crippen molar-refractivity contribution in [2.45, 2.75) is 32.4 Å². The topological polar surface area (TPSA) is 49.8 Å². The number of carbonyl (C=O) groups is 1. The first kappa shape index (κ1) is 13.2. The van der Waals surface area contributed by atoms with E-state index in [9.17, 15) is 18.0 Å². The second-order valence-electron chi connectivity index (χ2n) is 4.32. The average Bonchev–Trinajstić information content (AvgIpc) is 2.09. The van der Waals surface area contributed by atoms with Gasteiger partial charge in [0.1, 0.15) is 6.23 Å². The van der Waals surface area contributed by atoms with Gasteiger partial charge in [-0.05, 0) is 20.4 Å². The molecule has 0 radical (unpaired) electrons. The zero-order chi connectivity index (χ0) is 12.6. The van der Waals surface area contributed by atoms with Crippen LogP contribution in [0.3, 0.4) is 0 Å². The van der Waals surface area contributed by atoms with E-state index in [4.69, 9.17) is 5.11 Å². The van der Waals surface area contributed by atoms with Gasteiger partial charge in [0.2, 0.25) is 0 Å². The molecule has 2 atom stereocenters. The highest BCUT2D eigenvalue weighted by Gasteiger charge is 2.45. The molecule has 1 aliphatic heterocycles. The summed E-state index contributed by atoms with van der Waals surface area (Å²) in [4.78, 5) is 12.3. The van der Waals surface area contributed by atoms with Crippen LogP contribution in [0.15, 0.2) is 0 Å². The molecule has 1 fully saturated rings. The standard InChI is InChI=1S/C9H14F3NO3/c1-8(7(14)15)3-4-13(2)6(5-8)16-9(10,11)12/h6H,3-5H2,1-2H3,(H,14,15). The lowest BCUT2D eigenvalue weighted by Crippen LogP contribution is -2.49. The molecule has 7 heteroatoms. The van der Waals surface area contributed by atoms with Gasteiger partial charge in [-0.2, -0.15) is 0 Å². The first-order valence-corrected chi connectivity index (χ1v) is 4.82. The van der Waals surface area contributed by atoms with Crippen LogP contribution >= 0.6 is 0 Å². The molecule has 94 valence electrons. The van der Waals surface area contributed by atoms with Crippen LogP contribution in [0.5, 0.6) is 0 Å². The maximum absolute atomic E-state index is 12.1. The van der Waals surface area contributed by atoms with Gasteiger partial charge < -0.3 is 5.11 Å². The lowest BCUT2D eigenvalue weighted by atomic mass is 9.80. The van der Waals surface area contributed by atoms with Crippen molar-refractivity contribution in [3.05, 3.63) is 0 Å². The number of hydrogen-bond acceptors (Lipinski definition) is 3. The first-order valence-electron chi connectivity index (χ1n) is 4.82. The molecule has 1 rings (SSSR count). The number of nitrogens with zero attached hydrogens (tertiary/aromatic N) is 1. The summed E-state index contributed by atoms with van der Waals surface area (Å²) in [6.45, 7) is 1.71. The lowest BCUT2D eigenvalue weighted by molar-refractivity contribution is -0.365. The third kappa shape index (κ3) is 3.08. The molecule has 0 aromatic carbocycles. The summed E-state index contributed by atoms with van der Waals surface area (Å²) in [7, 11) is 1.48. The Kier molecular flexibility index (Phi) is 3.49. The molecule has 0 saturated carbocycles. The Morgan fingerprint density at radius 3 is 2.56 bits per heavy atom. The molecule has 2 unspecified atom stereocenters. The Balaban J connectivity index is 2.73. The number of carboxylic acid groups (broad SMARTS) is 1. The Bertz CT molecular complexity index is 282. The molecular weight excluding hydrogens is 227 g/mol. The molecule has 0 spiro atoms. The van der Waals surface area contributed by atoms with Gasteiger partial charge in [0.05, 0.1) is 5.41 Å². The van der Waals surface area contributed by atoms with Crippen molar-refractivity contribution in [3.63, 3.8) is 0 Å². The predicted molar refractivity (Wildman–Crippen MR) is 48.5 cm³/mol. The van der Waals surface area contributed by atoms with Crippen LogP contribution in [0.4, 0.5) is 13.2 Å². The second-order valence-corrected chi connectivity index (χ2v) is 4.32. The summed E-state index contributed by atoms with van der Waals surface area (Å²) in [5.41, 5.74) is -1.15. The van der Waals surface area contributed by atoms with Crippen LogP contribution in [-0.4, -0.2) is 42.2 Å². The van der Waals surface area contributed by atoms with Gasteiger partial charge in [-0.3, -0.25) is 14.4 Å². The Hall–Kier alpha value is -0.820. The van der Waals surface area contributed by atoms with Gasteiger partial charge in [0, 0.05) is 13.0 Å². The summed E-state index contributed by atoms with van der Waals surface area (Å²) < 4.78 is 40.1. The zero-order valence-corrected chi connectivity index (χ0v) is 9.04. The highest BCUT2D eigenvalue weighted by Crippen LogP contribution is 2.36. The lowest BCUT2D eigenvalue weighted by Gasteiger charge is -2.40. The number of piperidine rings is 1. The summed E-state index contributed by atoms with van der Waals surface area (Å²) in [6, 6.07) is 0. The fourth-order valence-corrected chi connectivity index (χ4v) is 1.69. The van der Waals surface area contributed by atoms with Gasteiger partial charge in [-0.25, -0.2) is 0 Å². The minimum absolute atomic E-state index is 0.168. The molecule has 0 aromatic heterocycles. The molecule has 0 aliphatic carbocycles. The average molecular weight is 241 g/mol. The van der Waals surface area contributed by atoms with Crippen molar-refractivity contribution in [2.75, 3.05) is 13.6 Å². The number of rotatable bonds is 2. The smallest absolute Gasteiger partial charge is 0.481 e. The number of hydrogen-bond donors (Lipinski definition) is 1. The number of ether oxygens (including phenoxy) is 1. The van der Waals surface area contributed by atoms with E-state index in [1.165, 1.54) is 18.9 Å². The van der Waals surface area contributed by atoms with Gasteiger partial charge in [0.25, 0.3) is 0 Å². The van der Waals surface area contributed by atoms with Crippen molar-refractivity contribution < 1.29 is 27.8 Å². The predicted octanol–water partition coefficient (Wildman–Crippen LogP) is 1.67. The minimum Gasteiger partial charge on any atom is -0.481 e. The van der Waals surface area contributed by atoms with E-state index in [0.717, 1.165) is 0 Å². The minimum atomic E-state index is -4.74. The summed E-state index contributed by atoms with van der Waals surface area (Å²) in [5.74, 6) is -1.09. The van der Waals surface area contributed by atoms with E-state index in [2.05, 4.69) is 4.74 Å². The van der Waals surface area contributed by atoms with Gasteiger partial charge >= 0.3 is 12.3 Å². The van der Waals surface area contributed by atoms with E-state index < -0.39 is 24.0 Å². The van der Waals surface area contributed by atoms with Crippen LogP contribution in [-0.2, 0) is 9.53 Å². The fraction of sp³-hybridized carbons (Fsp3) is 0.889. The number of likely N-dealkylation sites (tertiary alicyclic amines) is 1. The number of carboxylic acids is 1. The van der Waals surface area contributed by atoms with Gasteiger partial charge in [-0.1, -0.05) is 0 Å². The first-order chi connectivity index (χ1) is 7.14. The summed E-state index contributed by atoms with van der Waals surface area (Å²) >= 11 is 0. The zero-order valence-electron chi connectivity index (χ0n) is 9.04. The molecular formula is C9H14F3NO3. The molecule has 0 amide bonds. The van der Waals surface area contributed by atoms with E-state index in [1.54, 1.807) is 0 Å². The molecule has 0 aromatic rings. The number of aliphatic carboxylic acids is 1. The number of alkyl halides is 3. The SMILES string of the molecule is CN1CCC(C)(C(=O)O)CC1OC(F)(F)F. The normalized spacial score (nSPS) is 32.7. The maximum Gasteiger partial charge on any atom is 0.524 e. The van der Waals surface area contributed by atoms with E-state index >= 15 is 0 Å². The summed E-state index contributed by atoms with van der Waals surface area (Å²) in [6.07, 6.45) is -5.82. The van der Waals surface area contributed by atoms with Crippen LogP contribution in [0.2, 0.25) is 0 Å². The van der Waals surface area contributed by atoms with Gasteiger partial charge in [0.15, 0.2) is 0 Å². The van der Waals surface area contributed by atoms with Gasteiger partial charge in [-0.15, -0.1) is 13.2 Å². The third-order valence-electron chi connectivity index (χ3n) is 2.92. The quantitative estimate of drug-likeness (QED) is 0.798. The second kappa shape index (κ2) is 4.21. The van der Waals surface area contributed by atoms with Crippen LogP contribution in [0.25, 0.3) is 0 Å². The van der Waals surface area contributed by atoms with Crippen LogP contribution in [0.1, 0.15) is 19.8 Å². The Morgan fingerprint density at radius 2 is 2.12 bits per heavy atom. The van der Waals surface area contributed by atoms with E-state index in [0.29, 0.717) is 6.42 Å². The van der Waals surface area contributed by atoms with Crippen molar-refractivity contribution in [3.8, 4) is 0 Å². The Morgan fingerprint density at radius 1 is 1.56 bits per heavy atom. The Labute approximate surface area is 91.0 Å². The molecule has 1 N–H and O–H groups in total. The van der Waals surface area contributed by atoms with E-state index in [1.807, 2.05) is 0 Å². The highest BCUT2D eigenvalue weighted by atomic mass is 19.4. The number of halogens is 3. The molecule has 4 nitrogen and oxygen atoms in total. The maximum atomic E-state index is 12.1. The molecule has 1 heterocycles. The van der Waals surface area contributed by atoms with Crippen molar-refractivity contribution in [1.82, 2.24) is 4.90 Å². The monoisotopic (exact) mass is 241 g/mol. The third-order valence-corrected chi connectivity index (χ3v) is 2.92. The highest BCUT2D eigenvalue weighted by molar-refractivity contribution is 5.74. The molecule has 1 saturated heterocycles. The van der Waals surface area contributed by atoms with Crippen molar-refractivity contribution in [2.24, 2.45) is 5.41 Å². The molecule has 16 heavy (non-hydrogen) atoms. The van der Waals surface area contributed by atoms with E-state index in [-0.39, 0.29) is 13.0 Å². The van der Waals surface area contributed by atoms with Crippen LogP contribution < -0.4 is 0 Å². The largest absolute Gasteiger partial charge is 0.524 e. The summed E-state index contributed by atoms with van der Waals surface area (Å²) in [5, 5.41) is 8.94. The van der Waals surface area contributed by atoms with Crippen molar-refractivity contribution >= 4 is 5.97 Å².